The first-order valence-electron chi connectivity index (χ1n) is 8.98. The SMILES string of the molecule is CN(C)C(=O)[C@H](Cc1ccccc1)NC(=O)[C@@H]1CC(c2ccc(F)cc2)=NO1. The zero-order valence-electron chi connectivity index (χ0n) is 15.8. The molecule has 0 radical (unpaired) electrons. The zero-order chi connectivity index (χ0) is 20.1. The second-order valence-corrected chi connectivity index (χ2v) is 6.83. The normalized spacial score (nSPS) is 16.7. The van der Waals surface area contributed by atoms with Gasteiger partial charge in [0, 0.05) is 26.9 Å². The van der Waals surface area contributed by atoms with E-state index >= 15 is 0 Å². The topological polar surface area (TPSA) is 71.0 Å². The van der Waals surface area contributed by atoms with Crippen molar-refractivity contribution in [2.75, 3.05) is 14.1 Å². The number of oxime groups is 1. The van der Waals surface area contributed by atoms with Gasteiger partial charge in [0.25, 0.3) is 5.91 Å². The van der Waals surface area contributed by atoms with Crippen LogP contribution in [0.25, 0.3) is 0 Å². The van der Waals surface area contributed by atoms with E-state index in [0.717, 1.165) is 5.56 Å². The van der Waals surface area contributed by atoms with Gasteiger partial charge in [0.15, 0.2) is 0 Å². The molecule has 2 aromatic rings. The number of carbonyl (C=O) groups excluding carboxylic acids is 2. The Morgan fingerprint density at radius 3 is 2.50 bits per heavy atom. The van der Waals surface area contributed by atoms with Crippen molar-refractivity contribution in [3.05, 3.63) is 71.5 Å². The van der Waals surface area contributed by atoms with Crippen LogP contribution in [0, 0.1) is 5.82 Å². The maximum Gasteiger partial charge on any atom is 0.265 e. The molecule has 1 aliphatic heterocycles. The monoisotopic (exact) mass is 383 g/mol. The zero-order valence-corrected chi connectivity index (χ0v) is 15.8. The standard InChI is InChI=1S/C21H22FN3O3/c1-25(2)21(27)18(12-14-6-4-3-5-7-14)23-20(26)19-13-17(24-28-19)15-8-10-16(22)11-9-15/h3-11,18-19H,12-13H2,1-2H3,(H,23,26)/t18-,19-/m0/s1. The number of benzene rings is 2. The smallest absolute Gasteiger partial charge is 0.265 e. The maximum atomic E-state index is 13.1. The van der Waals surface area contributed by atoms with Crippen molar-refractivity contribution in [1.82, 2.24) is 10.2 Å². The number of amides is 2. The molecule has 0 aliphatic carbocycles. The molecule has 6 nitrogen and oxygen atoms in total. The van der Waals surface area contributed by atoms with Crippen LogP contribution in [0.4, 0.5) is 4.39 Å². The minimum atomic E-state index is -0.826. The highest BCUT2D eigenvalue weighted by atomic mass is 19.1. The van der Waals surface area contributed by atoms with Crippen molar-refractivity contribution in [3.63, 3.8) is 0 Å². The minimum Gasteiger partial charge on any atom is -0.382 e. The number of hydrogen-bond acceptors (Lipinski definition) is 4. The quantitative estimate of drug-likeness (QED) is 0.831. The van der Waals surface area contributed by atoms with E-state index in [4.69, 9.17) is 4.84 Å². The summed E-state index contributed by atoms with van der Waals surface area (Å²) in [7, 11) is 3.29. The highest BCUT2D eigenvalue weighted by Gasteiger charge is 2.32. The van der Waals surface area contributed by atoms with Crippen LogP contribution in [0.5, 0.6) is 0 Å². The van der Waals surface area contributed by atoms with Gasteiger partial charge < -0.3 is 15.1 Å². The summed E-state index contributed by atoms with van der Waals surface area (Å²) in [6, 6.07) is 14.6. The number of carbonyl (C=O) groups is 2. The van der Waals surface area contributed by atoms with Gasteiger partial charge in [0.1, 0.15) is 11.9 Å². The molecule has 0 saturated heterocycles. The molecule has 2 aromatic carbocycles. The van der Waals surface area contributed by atoms with Gasteiger partial charge in [-0.3, -0.25) is 9.59 Å². The average Bonchev–Trinajstić information content (AvgIpc) is 3.18. The molecule has 7 heteroatoms. The number of rotatable bonds is 6. The number of nitrogens with one attached hydrogen (secondary N) is 1. The number of nitrogens with zero attached hydrogens (tertiary/aromatic N) is 2. The third-order valence-electron chi connectivity index (χ3n) is 4.48. The van der Waals surface area contributed by atoms with Crippen molar-refractivity contribution < 1.29 is 18.8 Å². The van der Waals surface area contributed by atoms with Crippen molar-refractivity contribution >= 4 is 17.5 Å². The molecule has 0 saturated carbocycles. The van der Waals surface area contributed by atoms with Crippen LogP contribution in [-0.2, 0) is 20.8 Å². The Labute approximate surface area is 163 Å². The fourth-order valence-electron chi connectivity index (χ4n) is 2.96. The van der Waals surface area contributed by atoms with Gasteiger partial charge in [-0.1, -0.05) is 47.6 Å². The number of likely N-dealkylation sites (N-methyl/N-ethyl adjacent to an activating group) is 1. The second kappa shape index (κ2) is 8.65. The molecule has 2 atom stereocenters. The largest absolute Gasteiger partial charge is 0.382 e. The van der Waals surface area contributed by atoms with Crippen LogP contribution in [0.1, 0.15) is 17.5 Å². The van der Waals surface area contributed by atoms with E-state index in [2.05, 4.69) is 10.5 Å². The minimum absolute atomic E-state index is 0.199. The van der Waals surface area contributed by atoms with Crippen LogP contribution in [0.15, 0.2) is 59.8 Å². The summed E-state index contributed by atoms with van der Waals surface area (Å²) < 4.78 is 13.1. The molecule has 2 amide bonds. The molecule has 1 N–H and O–H groups in total. The molecule has 0 spiro atoms. The Hall–Kier alpha value is -3.22. The Morgan fingerprint density at radius 2 is 1.86 bits per heavy atom. The fourth-order valence-corrected chi connectivity index (χ4v) is 2.96. The summed E-state index contributed by atoms with van der Waals surface area (Å²) in [6.07, 6.45) is -0.193. The van der Waals surface area contributed by atoms with Gasteiger partial charge >= 0.3 is 0 Å². The van der Waals surface area contributed by atoms with E-state index in [1.807, 2.05) is 30.3 Å². The van der Waals surface area contributed by atoms with Crippen LogP contribution in [0.2, 0.25) is 0 Å². The predicted molar refractivity (Wildman–Crippen MR) is 103 cm³/mol. The van der Waals surface area contributed by atoms with Crippen LogP contribution in [-0.4, -0.2) is 48.7 Å². The molecule has 0 bridgehead atoms. The Kier molecular flexibility index (Phi) is 6.03. The summed E-state index contributed by atoms with van der Waals surface area (Å²) in [5.41, 5.74) is 2.21. The average molecular weight is 383 g/mol. The van der Waals surface area contributed by atoms with Crippen LogP contribution in [0.3, 0.4) is 0 Å². The lowest BCUT2D eigenvalue weighted by molar-refractivity contribution is -0.138. The molecule has 1 aliphatic rings. The fraction of sp³-hybridized carbons (Fsp3) is 0.286. The van der Waals surface area contributed by atoms with E-state index in [9.17, 15) is 14.0 Å². The number of halogens is 1. The van der Waals surface area contributed by atoms with E-state index < -0.39 is 18.1 Å². The van der Waals surface area contributed by atoms with Crippen LogP contribution >= 0.6 is 0 Å². The Bertz CT molecular complexity index is 866. The summed E-state index contributed by atoms with van der Waals surface area (Å²) in [5.74, 6) is -0.949. The third-order valence-corrected chi connectivity index (χ3v) is 4.48. The van der Waals surface area contributed by atoms with Crippen LogP contribution < -0.4 is 5.32 Å². The molecule has 0 unspecified atom stereocenters. The lowest BCUT2D eigenvalue weighted by Crippen LogP contribution is -2.50. The first kappa shape index (κ1) is 19.5. The lowest BCUT2D eigenvalue weighted by atomic mass is 10.0. The van der Waals surface area contributed by atoms with Gasteiger partial charge in [0.05, 0.1) is 5.71 Å². The van der Waals surface area contributed by atoms with E-state index in [1.54, 1.807) is 26.2 Å². The first-order valence-corrected chi connectivity index (χ1v) is 8.98. The predicted octanol–water partition coefficient (Wildman–Crippen LogP) is 2.13. The van der Waals surface area contributed by atoms with Gasteiger partial charge in [-0.25, -0.2) is 4.39 Å². The van der Waals surface area contributed by atoms with Crippen molar-refractivity contribution in [3.8, 4) is 0 Å². The summed E-state index contributed by atoms with van der Waals surface area (Å²) in [4.78, 5) is 31.9. The summed E-state index contributed by atoms with van der Waals surface area (Å²) in [6.45, 7) is 0. The molecule has 146 valence electrons. The number of hydrogen-bond donors (Lipinski definition) is 1. The molecule has 0 aromatic heterocycles. The molecule has 1 heterocycles. The highest BCUT2D eigenvalue weighted by Crippen LogP contribution is 2.18. The molecule has 28 heavy (non-hydrogen) atoms. The molecule has 3 rings (SSSR count). The summed E-state index contributed by atoms with van der Waals surface area (Å²) >= 11 is 0. The highest BCUT2D eigenvalue weighted by molar-refractivity contribution is 6.04. The Balaban J connectivity index is 1.65. The molecule has 0 fully saturated rings. The van der Waals surface area contributed by atoms with Crippen molar-refractivity contribution in [2.24, 2.45) is 5.16 Å². The third kappa shape index (κ3) is 4.73. The van der Waals surface area contributed by atoms with Gasteiger partial charge in [-0.15, -0.1) is 0 Å². The summed E-state index contributed by atoms with van der Waals surface area (Å²) in [5, 5.41) is 6.73. The maximum absolute atomic E-state index is 13.1. The van der Waals surface area contributed by atoms with Gasteiger partial charge in [-0.05, 0) is 23.3 Å². The molecular formula is C21H22FN3O3. The second-order valence-electron chi connectivity index (χ2n) is 6.83. The Morgan fingerprint density at radius 1 is 1.18 bits per heavy atom. The van der Waals surface area contributed by atoms with E-state index in [-0.39, 0.29) is 18.1 Å². The van der Waals surface area contributed by atoms with Crippen molar-refractivity contribution in [2.45, 2.75) is 25.0 Å². The molecular weight excluding hydrogens is 361 g/mol. The van der Waals surface area contributed by atoms with Crippen molar-refractivity contribution in [1.29, 1.82) is 0 Å². The van der Waals surface area contributed by atoms with Gasteiger partial charge in [0.2, 0.25) is 12.0 Å². The van der Waals surface area contributed by atoms with Gasteiger partial charge in [-0.2, -0.15) is 0 Å². The van der Waals surface area contributed by atoms with E-state index in [0.29, 0.717) is 17.7 Å². The lowest BCUT2D eigenvalue weighted by Gasteiger charge is -2.23. The first-order chi connectivity index (χ1) is 13.4. The van der Waals surface area contributed by atoms with E-state index in [1.165, 1.54) is 17.0 Å².